The van der Waals surface area contributed by atoms with Crippen molar-refractivity contribution in [1.29, 1.82) is 0 Å². The maximum Gasteiger partial charge on any atom is 0.135 e. The molecule has 0 aliphatic heterocycles. The first-order valence-corrected chi connectivity index (χ1v) is 17.7. The molecule has 0 spiro atoms. The third-order valence-corrected chi connectivity index (χ3v) is 10.7. The summed E-state index contributed by atoms with van der Waals surface area (Å²) in [4.78, 5) is 9.51. The number of aliphatic hydroxyl groups is 1. The Hall–Kier alpha value is -4.86. The minimum Gasteiger partial charge on any atom is -0.378 e. The molecule has 1 unspecified atom stereocenters. The van der Waals surface area contributed by atoms with Crippen LogP contribution in [0, 0.1) is 19.3 Å². The van der Waals surface area contributed by atoms with Crippen molar-refractivity contribution in [2.24, 2.45) is 5.41 Å². The van der Waals surface area contributed by atoms with Gasteiger partial charge in [0.1, 0.15) is 5.60 Å². The molecule has 0 bridgehead atoms. The van der Waals surface area contributed by atoms with Gasteiger partial charge in [-0.25, -0.2) is 0 Å². The molecule has 1 atom stereocenters. The van der Waals surface area contributed by atoms with Crippen LogP contribution < -0.4 is 0 Å². The van der Waals surface area contributed by atoms with E-state index in [-0.39, 0.29) is 0 Å². The second kappa shape index (κ2) is 13.6. The van der Waals surface area contributed by atoms with Gasteiger partial charge in [0.2, 0.25) is 0 Å². The second-order valence-corrected chi connectivity index (χ2v) is 14.8. The van der Waals surface area contributed by atoms with Crippen LogP contribution in [-0.2, 0) is 12.0 Å². The SMILES string of the molecule is Cc1cc(C2CCC(C)(C)CC2)ccc1-c1cc(-c2cccc(CC(O)(c3ccc(-c4ccccc4)cc3)c3ccccn3)c2)ncc1C. The van der Waals surface area contributed by atoms with Crippen LogP contribution in [0.2, 0.25) is 0 Å². The van der Waals surface area contributed by atoms with Crippen LogP contribution in [0.15, 0.2) is 134 Å². The predicted molar refractivity (Wildman–Crippen MR) is 202 cm³/mol. The maximum atomic E-state index is 12.5. The lowest BCUT2D eigenvalue weighted by Crippen LogP contribution is -2.31. The largest absolute Gasteiger partial charge is 0.378 e. The van der Waals surface area contributed by atoms with E-state index in [0.717, 1.165) is 33.5 Å². The van der Waals surface area contributed by atoms with Gasteiger partial charge in [0.05, 0.1) is 11.4 Å². The zero-order valence-electron chi connectivity index (χ0n) is 29.2. The summed E-state index contributed by atoms with van der Waals surface area (Å²) < 4.78 is 0. The maximum absolute atomic E-state index is 12.5. The van der Waals surface area contributed by atoms with E-state index in [2.05, 4.69) is 105 Å². The van der Waals surface area contributed by atoms with Crippen LogP contribution in [0.3, 0.4) is 0 Å². The van der Waals surface area contributed by atoms with Gasteiger partial charge >= 0.3 is 0 Å². The van der Waals surface area contributed by atoms with Crippen molar-refractivity contribution in [3.05, 3.63) is 167 Å². The first-order valence-electron chi connectivity index (χ1n) is 17.7. The molecule has 49 heavy (non-hydrogen) atoms. The van der Waals surface area contributed by atoms with E-state index in [4.69, 9.17) is 4.98 Å². The normalized spacial score (nSPS) is 15.9. The highest BCUT2D eigenvalue weighted by Gasteiger charge is 2.33. The monoisotopic (exact) mass is 642 g/mol. The molecule has 1 N–H and O–H groups in total. The van der Waals surface area contributed by atoms with Crippen LogP contribution in [-0.4, -0.2) is 15.1 Å². The number of nitrogens with zero attached hydrogens (tertiary/aromatic N) is 2. The average molecular weight is 643 g/mol. The average Bonchev–Trinajstić information content (AvgIpc) is 3.13. The zero-order valence-corrected chi connectivity index (χ0v) is 29.2. The summed E-state index contributed by atoms with van der Waals surface area (Å²) in [5, 5.41) is 12.5. The smallest absolute Gasteiger partial charge is 0.135 e. The standard InChI is InChI=1S/C46H46N2O/c1-32-27-38(37-22-24-45(3,4)25-23-37)18-21-41(32)42-29-43(48-31-33(42)2)39-14-10-11-34(28-39)30-46(49,44-15-8-9-26-47-44)40-19-16-36(17-20-40)35-12-6-5-7-13-35/h5-21,26-29,31,37,49H,22-25,30H2,1-4H3. The van der Waals surface area contributed by atoms with E-state index in [9.17, 15) is 5.11 Å². The Bertz CT molecular complexity index is 2040. The van der Waals surface area contributed by atoms with E-state index in [1.54, 1.807) is 6.20 Å². The minimum atomic E-state index is -1.31. The summed E-state index contributed by atoms with van der Waals surface area (Å²) in [6.45, 7) is 9.21. The fourth-order valence-electron chi connectivity index (χ4n) is 7.60. The lowest BCUT2D eigenvalue weighted by atomic mass is 9.71. The van der Waals surface area contributed by atoms with Crippen LogP contribution in [0.25, 0.3) is 33.5 Å². The zero-order chi connectivity index (χ0) is 34.0. The van der Waals surface area contributed by atoms with Gasteiger partial charge in [-0.15, -0.1) is 0 Å². The molecule has 6 aromatic rings. The topological polar surface area (TPSA) is 46.0 Å². The quantitative estimate of drug-likeness (QED) is 0.180. The van der Waals surface area contributed by atoms with Gasteiger partial charge in [0.15, 0.2) is 0 Å². The number of hydrogen-bond donors (Lipinski definition) is 1. The molecule has 1 fully saturated rings. The Morgan fingerprint density at radius 1 is 0.673 bits per heavy atom. The first-order chi connectivity index (χ1) is 23.7. The molecule has 0 amide bonds. The molecule has 7 rings (SSSR count). The first kappa shape index (κ1) is 32.7. The molecule has 4 aromatic carbocycles. The highest BCUT2D eigenvalue weighted by molar-refractivity contribution is 5.75. The molecule has 0 radical (unpaired) electrons. The molecule has 1 saturated carbocycles. The summed E-state index contributed by atoms with van der Waals surface area (Å²) in [5.74, 6) is 0.657. The Balaban J connectivity index is 1.18. The van der Waals surface area contributed by atoms with Gasteiger partial charge in [-0.1, -0.05) is 111 Å². The van der Waals surface area contributed by atoms with Crippen molar-refractivity contribution in [3.63, 3.8) is 0 Å². The molecule has 3 nitrogen and oxygen atoms in total. The fraction of sp³-hybridized carbons (Fsp3) is 0.261. The summed E-state index contributed by atoms with van der Waals surface area (Å²) in [6.07, 6.45) is 9.25. The van der Waals surface area contributed by atoms with E-state index < -0.39 is 5.60 Å². The molecule has 2 heterocycles. The van der Waals surface area contributed by atoms with Crippen molar-refractivity contribution in [1.82, 2.24) is 9.97 Å². The predicted octanol–water partition coefficient (Wildman–Crippen LogP) is 11.3. The number of rotatable bonds is 8. The van der Waals surface area contributed by atoms with Gasteiger partial charge < -0.3 is 5.11 Å². The van der Waals surface area contributed by atoms with E-state index in [1.807, 2.05) is 54.7 Å². The molecule has 3 heteroatoms. The summed E-state index contributed by atoms with van der Waals surface area (Å²) in [5.41, 5.74) is 12.3. The molecule has 1 aliphatic rings. The van der Waals surface area contributed by atoms with E-state index in [1.165, 1.54) is 53.5 Å². The molecular formula is C46H46N2O. The Kier molecular flexibility index (Phi) is 9.05. The van der Waals surface area contributed by atoms with Crippen molar-refractivity contribution in [3.8, 4) is 33.5 Å². The van der Waals surface area contributed by atoms with Crippen LogP contribution >= 0.6 is 0 Å². The Labute approximate surface area is 291 Å². The summed E-state index contributed by atoms with van der Waals surface area (Å²) >= 11 is 0. The number of aromatic nitrogens is 2. The third kappa shape index (κ3) is 7.00. The molecular weight excluding hydrogens is 597 g/mol. The second-order valence-electron chi connectivity index (χ2n) is 14.8. The number of benzene rings is 4. The van der Waals surface area contributed by atoms with Crippen molar-refractivity contribution in [2.45, 2.75) is 71.3 Å². The Morgan fingerprint density at radius 2 is 1.39 bits per heavy atom. The van der Waals surface area contributed by atoms with Crippen LogP contribution in [0.4, 0.5) is 0 Å². The fourth-order valence-corrected chi connectivity index (χ4v) is 7.60. The lowest BCUT2D eigenvalue weighted by Gasteiger charge is -2.34. The molecule has 0 saturated heterocycles. The van der Waals surface area contributed by atoms with Crippen molar-refractivity contribution >= 4 is 0 Å². The van der Waals surface area contributed by atoms with E-state index >= 15 is 0 Å². The molecule has 2 aromatic heterocycles. The Morgan fingerprint density at radius 3 is 2.10 bits per heavy atom. The number of aryl methyl sites for hydroxylation is 2. The van der Waals surface area contributed by atoms with Crippen molar-refractivity contribution in [2.75, 3.05) is 0 Å². The molecule has 1 aliphatic carbocycles. The van der Waals surface area contributed by atoms with E-state index in [0.29, 0.717) is 23.4 Å². The highest BCUT2D eigenvalue weighted by atomic mass is 16.3. The summed E-state index contributed by atoms with van der Waals surface area (Å²) in [6, 6.07) is 42.0. The van der Waals surface area contributed by atoms with Crippen molar-refractivity contribution < 1.29 is 5.11 Å². The van der Waals surface area contributed by atoms with Gasteiger partial charge in [-0.2, -0.15) is 0 Å². The summed E-state index contributed by atoms with van der Waals surface area (Å²) in [7, 11) is 0. The third-order valence-electron chi connectivity index (χ3n) is 10.7. The van der Waals surface area contributed by atoms with Gasteiger partial charge in [0, 0.05) is 24.4 Å². The van der Waals surface area contributed by atoms with Crippen LogP contribution in [0.1, 0.15) is 79.0 Å². The van der Waals surface area contributed by atoms with Gasteiger partial charge in [0.25, 0.3) is 0 Å². The minimum absolute atomic E-state index is 0.375. The number of pyridine rings is 2. The highest BCUT2D eigenvalue weighted by Crippen LogP contribution is 2.43. The van der Waals surface area contributed by atoms with Gasteiger partial charge in [-0.05, 0) is 125 Å². The number of hydrogen-bond acceptors (Lipinski definition) is 3. The molecule has 246 valence electrons. The van der Waals surface area contributed by atoms with Crippen LogP contribution in [0.5, 0.6) is 0 Å². The lowest BCUT2D eigenvalue weighted by molar-refractivity contribution is 0.0765. The van der Waals surface area contributed by atoms with Gasteiger partial charge in [-0.3, -0.25) is 9.97 Å².